The van der Waals surface area contributed by atoms with Crippen LogP contribution in [-0.2, 0) is 10.3 Å². The van der Waals surface area contributed by atoms with Crippen molar-refractivity contribution in [1.82, 2.24) is 10.2 Å². The fourth-order valence-electron chi connectivity index (χ4n) is 3.44. The van der Waals surface area contributed by atoms with Crippen molar-refractivity contribution in [3.05, 3.63) is 68.3 Å². The molecule has 142 valence electrons. The van der Waals surface area contributed by atoms with Gasteiger partial charge in [0.1, 0.15) is 9.88 Å². The van der Waals surface area contributed by atoms with Gasteiger partial charge in [-0.15, -0.1) is 11.3 Å². The number of carbonyl (C=O) groups is 3. The first-order chi connectivity index (χ1) is 13.3. The highest BCUT2D eigenvalue weighted by molar-refractivity contribution is 7.20. The lowest BCUT2D eigenvalue weighted by molar-refractivity contribution is -0.130. The zero-order valence-corrected chi connectivity index (χ0v) is 17.0. The van der Waals surface area contributed by atoms with Crippen molar-refractivity contribution < 1.29 is 14.4 Å². The van der Waals surface area contributed by atoms with Crippen molar-refractivity contribution in [2.24, 2.45) is 0 Å². The molecule has 1 aliphatic heterocycles. The summed E-state index contributed by atoms with van der Waals surface area (Å²) in [5.41, 5.74) is -0.388. The van der Waals surface area contributed by atoms with Crippen molar-refractivity contribution >= 4 is 63.0 Å². The second-order valence-electron chi connectivity index (χ2n) is 6.63. The van der Waals surface area contributed by atoms with Crippen LogP contribution in [0.1, 0.15) is 22.8 Å². The van der Waals surface area contributed by atoms with Crippen LogP contribution in [0.5, 0.6) is 0 Å². The number of imide groups is 1. The molecule has 0 aliphatic carbocycles. The number of nitrogens with zero attached hydrogens (tertiary/aromatic N) is 1. The smallest absolute Gasteiger partial charge is 0.319 e. The molecule has 1 unspecified atom stereocenters. The maximum absolute atomic E-state index is 13.2. The van der Waals surface area contributed by atoms with E-state index in [1.54, 1.807) is 13.0 Å². The van der Waals surface area contributed by atoms with Crippen LogP contribution >= 0.6 is 34.5 Å². The molecule has 3 aromatic rings. The monoisotopic (exact) mass is 432 g/mol. The number of amides is 3. The molecule has 1 N–H and O–H groups in total. The first-order valence-corrected chi connectivity index (χ1v) is 9.99. The highest BCUT2D eigenvalue weighted by Crippen LogP contribution is 2.35. The molecule has 1 atom stereocenters. The number of thiophene rings is 1. The van der Waals surface area contributed by atoms with E-state index in [0.717, 1.165) is 27.0 Å². The zero-order chi connectivity index (χ0) is 20.1. The Hall–Kier alpha value is -2.41. The molecule has 4 rings (SSSR count). The maximum Gasteiger partial charge on any atom is 0.325 e. The van der Waals surface area contributed by atoms with Crippen molar-refractivity contribution in [1.29, 1.82) is 0 Å². The van der Waals surface area contributed by atoms with Crippen molar-refractivity contribution in [2.75, 3.05) is 6.54 Å². The number of halogens is 2. The van der Waals surface area contributed by atoms with E-state index in [2.05, 4.69) is 5.32 Å². The standard InChI is InChI=1S/C20H14Cl2N2O3S/c1-20(14-8-4-6-11-5-2-3-7-12(11)14)18(26)24(19(27)23-20)10-15(25)13-9-16(21)28-17(13)22/h2-9H,10H2,1H3,(H,23,27). The van der Waals surface area contributed by atoms with Crippen molar-refractivity contribution in [3.63, 3.8) is 0 Å². The summed E-state index contributed by atoms with van der Waals surface area (Å²) in [4.78, 5) is 39.2. The van der Waals surface area contributed by atoms with Gasteiger partial charge in [-0.3, -0.25) is 14.5 Å². The summed E-state index contributed by atoms with van der Waals surface area (Å²) in [6.45, 7) is 1.24. The minimum Gasteiger partial charge on any atom is -0.319 e. The molecular weight excluding hydrogens is 419 g/mol. The van der Waals surface area contributed by atoms with Crippen LogP contribution in [0.3, 0.4) is 0 Å². The summed E-state index contributed by atoms with van der Waals surface area (Å²) in [6, 6.07) is 14.0. The fourth-order valence-corrected chi connectivity index (χ4v) is 4.94. The van der Waals surface area contributed by atoms with Crippen molar-refractivity contribution in [2.45, 2.75) is 12.5 Å². The van der Waals surface area contributed by atoms with Gasteiger partial charge in [0, 0.05) is 0 Å². The number of ketones is 1. The Kier molecular flexibility index (Phi) is 4.65. The van der Waals surface area contributed by atoms with Gasteiger partial charge >= 0.3 is 6.03 Å². The molecule has 2 heterocycles. The minimum absolute atomic E-state index is 0.205. The van der Waals surface area contributed by atoms with Crippen LogP contribution in [0.4, 0.5) is 4.79 Å². The van der Waals surface area contributed by atoms with E-state index in [0.29, 0.717) is 9.90 Å². The number of Topliss-reactive ketones (excluding diaryl/α,β-unsaturated/α-hetero) is 1. The number of benzene rings is 2. The predicted molar refractivity (Wildman–Crippen MR) is 110 cm³/mol. The lowest BCUT2D eigenvalue weighted by Crippen LogP contribution is -2.41. The fraction of sp³-hybridized carbons (Fsp3) is 0.150. The second-order valence-corrected chi connectivity index (χ2v) is 8.92. The summed E-state index contributed by atoms with van der Waals surface area (Å²) >= 11 is 13.0. The quantitative estimate of drug-likeness (QED) is 0.472. The van der Waals surface area contributed by atoms with Gasteiger partial charge in [-0.25, -0.2) is 4.79 Å². The number of carbonyl (C=O) groups excluding carboxylic acids is 3. The molecule has 3 amide bonds. The van der Waals surface area contributed by atoms with Gasteiger partial charge in [-0.2, -0.15) is 0 Å². The molecule has 5 nitrogen and oxygen atoms in total. The third-order valence-electron chi connectivity index (χ3n) is 4.86. The Balaban J connectivity index is 1.68. The third-order valence-corrected chi connectivity index (χ3v) is 6.35. The Morgan fingerprint density at radius 3 is 2.57 bits per heavy atom. The molecular formula is C20H14Cl2N2O3S. The first kappa shape index (κ1) is 18.9. The van der Waals surface area contributed by atoms with Crippen molar-refractivity contribution in [3.8, 4) is 0 Å². The van der Waals surface area contributed by atoms with Gasteiger partial charge < -0.3 is 5.32 Å². The van der Waals surface area contributed by atoms with E-state index in [1.807, 2.05) is 36.4 Å². The van der Waals surface area contributed by atoms with Gasteiger partial charge in [0.25, 0.3) is 5.91 Å². The lowest BCUT2D eigenvalue weighted by atomic mass is 9.88. The Morgan fingerprint density at radius 1 is 1.14 bits per heavy atom. The average molecular weight is 433 g/mol. The van der Waals surface area contributed by atoms with Crippen LogP contribution in [0.15, 0.2) is 48.5 Å². The molecule has 2 aromatic carbocycles. The maximum atomic E-state index is 13.2. The van der Waals surface area contributed by atoms with Gasteiger partial charge in [0.05, 0.1) is 16.4 Å². The summed E-state index contributed by atoms with van der Waals surface area (Å²) in [5, 5.41) is 4.56. The van der Waals surface area contributed by atoms with E-state index in [9.17, 15) is 14.4 Å². The molecule has 8 heteroatoms. The molecule has 1 aromatic heterocycles. The normalized spacial score (nSPS) is 19.3. The Labute approximate surface area is 174 Å². The number of hydrogen-bond acceptors (Lipinski definition) is 4. The van der Waals surface area contributed by atoms with Crippen LogP contribution < -0.4 is 5.32 Å². The van der Waals surface area contributed by atoms with Crippen LogP contribution in [0, 0.1) is 0 Å². The molecule has 1 fully saturated rings. The molecule has 0 bridgehead atoms. The van der Waals surface area contributed by atoms with E-state index in [4.69, 9.17) is 23.2 Å². The minimum atomic E-state index is -1.27. The number of fused-ring (bicyclic) bond motifs is 1. The number of hydrogen-bond donors (Lipinski definition) is 1. The molecule has 1 saturated heterocycles. The molecule has 1 aliphatic rings. The van der Waals surface area contributed by atoms with Crippen LogP contribution in [-0.4, -0.2) is 29.2 Å². The Bertz CT molecular complexity index is 1140. The molecule has 0 saturated carbocycles. The molecule has 0 spiro atoms. The van der Waals surface area contributed by atoms with E-state index in [-0.39, 0.29) is 9.90 Å². The highest BCUT2D eigenvalue weighted by atomic mass is 35.5. The van der Waals surface area contributed by atoms with E-state index < -0.39 is 29.8 Å². The summed E-state index contributed by atoms with van der Waals surface area (Å²) in [5.74, 6) is -0.932. The topological polar surface area (TPSA) is 66.5 Å². The number of rotatable bonds is 4. The van der Waals surface area contributed by atoms with Crippen LogP contribution in [0.25, 0.3) is 10.8 Å². The van der Waals surface area contributed by atoms with Crippen LogP contribution in [0.2, 0.25) is 8.67 Å². The SMILES string of the molecule is CC1(c2cccc3ccccc23)NC(=O)N(CC(=O)c2cc(Cl)sc2Cl)C1=O. The summed E-state index contributed by atoms with van der Waals surface area (Å²) < 4.78 is 0.602. The largest absolute Gasteiger partial charge is 0.325 e. The first-order valence-electron chi connectivity index (χ1n) is 8.41. The zero-order valence-electron chi connectivity index (χ0n) is 14.7. The van der Waals surface area contributed by atoms with Gasteiger partial charge in [0.2, 0.25) is 0 Å². The predicted octanol–water partition coefficient (Wildman–Crippen LogP) is 4.86. The second kappa shape index (κ2) is 6.88. The third kappa shape index (κ3) is 2.98. The number of nitrogens with one attached hydrogen (secondary N) is 1. The average Bonchev–Trinajstić information content (AvgIpc) is 3.12. The highest BCUT2D eigenvalue weighted by Gasteiger charge is 2.50. The van der Waals surface area contributed by atoms with Gasteiger partial charge in [-0.05, 0) is 29.3 Å². The summed E-state index contributed by atoms with van der Waals surface area (Å²) in [6.07, 6.45) is 0. The van der Waals surface area contributed by atoms with E-state index in [1.165, 1.54) is 6.07 Å². The molecule has 0 radical (unpaired) electrons. The summed E-state index contributed by atoms with van der Waals surface area (Å²) in [7, 11) is 0. The van der Waals surface area contributed by atoms with E-state index >= 15 is 0 Å². The van der Waals surface area contributed by atoms with Gasteiger partial charge in [-0.1, -0.05) is 65.7 Å². The molecule has 28 heavy (non-hydrogen) atoms. The number of urea groups is 1. The van der Waals surface area contributed by atoms with Gasteiger partial charge in [0.15, 0.2) is 5.78 Å². The lowest BCUT2D eigenvalue weighted by Gasteiger charge is -2.24. The Morgan fingerprint density at radius 2 is 1.86 bits per heavy atom.